The Morgan fingerprint density at radius 2 is 1.52 bits per heavy atom. The maximum absolute atomic E-state index is 12.0. The first-order chi connectivity index (χ1) is 12.8. The minimum Gasteiger partial charge on any atom is -0.504 e. The molecule has 1 aliphatic heterocycles. The predicted octanol–water partition coefficient (Wildman–Crippen LogP) is 3.58. The molecule has 0 radical (unpaired) electrons. The van der Waals surface area contributed by atoms with E-state index in [1.54, 1.807) is 4.57 Å². The Kier molecular flexibility index (Phi) is 3.77. The fourth-order valence-corrected chi connectivity index (χ4v) is 3.12. The van der Waals surface area contributed by atoms with Crippen molar-refractivity contribution in [3.8, 4) is 28.6 Å². The Hall–Kier alpha value is -3.54. The molecular weight excluding hydrogens is 346 g/mol. The number of hydrogen-bond acceptors (Lipinski definition) is 5. The number of fused-ring (bicyclic) bond motifs is 2. The van der Waals surface area contributed by atoms with E-state index < -0.39 is 10.9 Å². The number of phenols is 2. The van der Waals surface area contributed by atoms with Crippen molar-refractivity contribution in [3.63, 3.8) is 0 Å². The second-order valence-corrected chi connectivity index (χ2v) is 6.76. The predicted molar refractivity (Wildman–Crippen MR) is 102 cm³/mol. The lowest BCUT2D eigenvalue weighted by Crippen LogP contribution is -2.23. The molecular formula is C21H17NO5. The number of phenolic OH excluding ortho intramolecular Hbond substituents is 2. The van der Waals surface area contributed by atoms with E-state index in [9.17, 15) is 19.8 Å². The molecule has 2 aromatic rings. The third kappa shape index (κ3) is 2.75. The normalized spacial score (nSPS) is 11.5. The highest BCUT2D eigenvalue weighted by Crippen LogP contribution is 2.36. The van der Waals surface area contributed by atoms with Crippen LogP contribution in [0.25, 0.3) is 28.2 Å². The second-order valence-electron chi connectivity index (χ2n) is 6.76. The van der Waals surface area contributed by atoms with Crippen molar-refractivity contribution in [1.29, 1.82) is 0 Å². The van der Waals surface area contributed by atoms with Gasteiger partial charge in [0.1, 0.15) is 0 Å². The lowest BCUT2D eigenvalue weighted by Gasteiger charge is -2.19. The van der Waals surface area contributed by atoms with Crippen LogP contribution in [0.5, 0.6) is 11.5 Å². The Bertz CT molecular complexity index is 1250. The van der Waals surface area contributed by atoms with E-state index in [1.807, 2.05) is 24.3 Å². The van der Waals surface area contributed by atoms with Crippen molar-refractivity contribution in [2.75, 3.05) is 0 Å². The standard InChI is InChI=1S/C21H17NO5/c1-11(2)12-3-5-13(6-4-12)22-14-7-16(23)18(25)9-20(14)27-21-10-19(26)17(24)8-15(21)22/h3-11,23,25H,1-2H3. The highest BCUT2D eigenvalue weighted by atomic mass is 16.3. The molecule has 0 saturated carbocycles. The van der Waals surface area contributed by atoms with Gasteiger partial charge in [-0.2, -0.15) is 0 Å². The van der Waals surface area contributed by atoms with Gasteiger partial charge in [-0.25, -0.2) is 0 Å². The molecule has 6 heteroatoms. The summed E-state index contributed by atoms with van der Waals surface area (Å²) in [7, 11) is 0. The number of nitrogens with zero attached hydrogens (tertiary/aromatic N) is 1. The average Bonchev–Trinajstić information content (AvgIpc) is 2.63. The average molecular weight is 363 g/mol. The summed E-state index contributed by atoms with van der Waals surface area (Å²) >= 11 is 0. The summed E-state index contributed by atoms with van der Waals surface area (Å²) in [5, 5.41) is 19.8. The zero-order valence-corrected chi connectivity index (χ0v) is 14.8. The van der Waals surface area contributed by atoms with Crippen molar-refractivity contribution >= 4 is 11.1 Å². The lowest BCUT2D eigenvalue weighted by molar-refractivity contribution is 0.403. The van der Waals surface area contributed by atoms with Gasteiger partial charge in [0, 0.05) is 30.0 Å². The largest absolute Gasteiger partial charge is 0.504 e. The Balaban J connectivity index is 2.14. The van der Waals surface area contributed by atoms with Gasteiger partial charge in [0.05, 0.1) is 11.2 Å². The van der Waals surface area contributed by atoms with Gasteiger partial charge in [-0.05, 0) is 23.6 Å². The molecule has 0 amide bonds. The van der Waals surface area contributed by atoms with Crippen LogP contribution in [-0.4, -0.2) is 14.8 Å². The van der Waals surface area contributed by atoms with Crippen LogP contribution in [0.2, 0.25) is 0 Å². The van der Waals surface area contributed by atoms with Gasteiger partial charge in [-0.15, -0.1) is 0 Å². The third-order valence-electron chi connectivity index (χ3n) is 4.60. The van der Waals surface area contributed by atoms with Gasteiger partial charge >= 0.3 is 0 Å². The molecule has 0 unspecified atom stereocenters. The first-order valence-corrected chi connectivity index (χ1v) is 8.51. The summed E-state index contributed by atoms with van der Waals surface area (Å²) in [6.07, 6.45) is 0. The molecule has 0 bridgehead atoms. The van der Waals surface area contributed by atoms with E-state index in [1.165, 1.54) is 18.2 Å². The van der Waals surface area contributed by atoms with Crippen LogP contribution in [-0.2, 0) is 0 Å². The molecule has 6 nitrogen and oxygen atoms in total. The number of rotatable bonds is 2. The van der Waals surface area contributed by atoms with Gasteiger partial charge in [0.25, 0.3) is 0 Å². The smallest absolute Gasteiger partial charge is 0.229 e. The van der Waals surface area contributed by atoms with Crippen molar-refractivity contribution in [1.82, 2.24) is 4.57 Å². The highest BCUT2D eigenvalue weighted by molar-refractivity contribution is 5.83. The fourth-order valence-electron chi connectivity index (χ4n) is 3.12. The van der Waals surface area contributed by atoms with Crippen LogP contribution >= 0.6 is 0 Å². The zero-order valence-electron chi connectivity index (χ0n) is 14.8. The number of benzene rings is 3. The SMILES string of the molecule is CC(C)c1ccc(-n2c3cc(=O)c(=O)cc-3oc3cc(O)c(O)cc32)cc1. The zero-order chi connectivity index (χ0) is 19.3. The van der Waals surface area contributed by atoms with Crippen LogP contribution < -0.4 is 10.9 Å². The number of hydrogen-bond donors (Lipinski definition) is 2. The van der Waals surface area contributed by atoms with E-state index in [-0.39, 0.29) is 22.8 Å². The maximum Gasteiger partial charge on any atom is 0.229 e. The minimum absolute atomic E-state index is 0.213. The molecule has 0 fully saturated rings. The van der Waals surface area contributed by atoms with E-state index in [0.717, 1.165) is 17.3 Å². The number of aromatic hydroxyl groups is 2. The highest BCUT2D eigenvalue weighted by Gasteiger charge is 2.19. The van der Waals surface area contributed by atoms with Crippen LogP contribution in [0, 0.1) is 0 Å². The molecule has 2 N–H and O–H groups in total. The molecule has 1 heterocycles. The molecule has 0 spiro atoms. The molecule has 4 rings (SSSR count). The van der Waals surface area contributed by atoms with Crippen LogP contribution in [0.4, 0.5) is 0 Å². The van der Waals surface area contributed by atoms with Gasteiger partial charge in [0.2, 0.25) is 10.9 Å². The molecule has 0 aromatic heterocycles. The molecule has 136 valence electrons. The summed E-state index contributed by atoms with van der Waals surface area (Å²) in [6, 6.07) is 12.8. The van der Waals surface area contributed by atoms with Gasteiger partial charge in [0.15, 0.2) is 22.8 Å². The topological polar surface area (TPSA) is 92.7 Å². The lowest BCUT2D eigenvalue weighted by atomic mass is 10.0. The monoisotopic (exact) mass is 363 g/mol. The Morgan fingerprint density at radius 3 is 2.19 bits per heavy atom. The van der Waals surface area contributed by atoms with Gasteiger partial charge in [-0.1, -0.05) is 26.0 Å². The van der Waals surface area contributed by atoms with E-state index >= 15 is 0 Å². The first-order valence-electron chi connectivity index (χ1n) is 8.51. The molecule has 0 saturated heterocycles. The summed E-state index contributed by atoms with van der Waals surface area (Å²) < 4.78 is 7.43. The van der Waals surface area contributed by atoms with Crippen LogP contribution in [0.3, 0.4) is 0 Å². The van der Waals surface area contributed by atoms with E-state index in [4.69, 9.17) is 4.42 Å². The Labute approximate surface area is 153 Å². The second kappa shape index (κ2) is 6.02. The Morgan fingerprint density at radius 1 is 0.889 bits per heavy atom. The summed E-state index contributed by atoms with van der Waals surface area (Å²) in [6.45, 7) is 4.18. The minimum atomic E-state index is -0.671. The van der Waals surface area contributed by atoms with Crippen LogP contribution in [0.1, 0.15) is 25.3 Å². The van der Waals surface area contributed by atoms with E-state index in [2.05, 4.69) is 13.8 Å². The molecule has 1 aliphatic carbocycles. The van der Waals surface area contributed by atoms with Crippen LogP contribution in [0.15, 0.2) is 62.5 Å². The van der Waals surface area contributed by atoms with Crippen molar-refractivity contribution in [3.05, 3.63) is 74.5 Å². The summed E-state index contributed by atoms with van der Waals surface area (Å²) in [4.78, 5) is 23.7. The molecule has 2 aromatic carbocycles. The molecule has 2 aliphatic rings. The van der Waals surface area contributed by atoms with Gasteiger partial charge < -0.3 is 19.2 Å². The van der Waals surface area contributed by atoms with Gasteiger partial charge in [-0.3, -0.25) is 9.59 Å². The van der Waals surface area contributed by atoms with Crippen molar-refractivity contribution < 1.29 is 14.6 Å². The molecule has 27 heavy (non-hydrogen) atoms. The third-order valence-corrected chi connectivity index (χ3v) is 4.60. The van der Waals surface area contributed by atoms with Crippen molar-refractivity contribution in [2.45, 2.75) is 19.8 Å². The fraction of sp³-hybridized carbons (Fsp3) is 0.143. The van der Waals surface area contributed by atoms with Crippen molar-refractivity contribution in [2.24, 2.45) is 0 Å². The first kappa shape index (κ1) is 16.9. The summed E-state index contributed by atoms with van der Waals surface area (Å²) in [5.74, 6) is -0.0758. The summed E-state index contributed by atoms with van der Waals surface area (Å²) in [5.41, 5.74) is 1.68. The van der Waals surface area contributed by atoms with E-state index in [0.29, 0.717) is 17.1 Å². The maximum atomic E-state index is 12.0. The molecule has 0 atom stereocenters. The quantitative estimate of drug-likeness (QED) is 0.323. The number of aromatic nitrogens is 1.